The Labute approximate surface area is 240 Å². The molecule has 0 spiro atoms. The number of aromatic nitrogens is 2. The second kappa shape index (κ2) is 10.6. The van der Waals surface area contributed by atoms with E-state index >= 15 is 0 Å². The van der Waals surface area contributed by atoms with Gasteiger partial charge in [-0.3, -0.25) is 19.4 Å². The molecule has 1 aliphatic carbocycles. The number of halogens is 2. The molecule has 4 aromatic rings. The maximum Gasteiger partial charge on any atom is 0.299 e. The van der Waals surface area contributed by atoms with Crippen LogP contribution in [0.25, 0.3) is 22.0 Å². The van der Waals surface area contributed by atoms with Crippen molar-refractivity contribution in [3.05, 3.63) is 89.4 Å². The lowest BCUT2D eigenvalue weighted by atomic mass is 10.0. The number of nitrogens with one attached hydrogen (secondary N) is 3. The lowest BCUT2D eigenvalue weighted by molar-refractivity contribution is -0.138. The van der Waals surface area contributed by atoms with Crippen molar-refractivity contribution in [2.75, 3.05) is 20.2 Å². The third-order valence-corrected chi connectivity index (χ3v) is 8.06. The summed E-state index contributed by atoms with van der Waals surface area (Å²) in [5.74, 6) is -4.52. The van der Waals surface area contributed by atoms with Gasteiger partial charge in [-0.1, -0.05) is 30.3 Å². The molecule has 1 aliphatic heterocycles. The number of carbonyl (C=O) groups is 3. The molecule has 6 rings (SSSR count). The molecule has 2 aromatic heterocycles. The summed E-state index contributed by atoms with van der Waals surface area (Å²) >= 11 is 0. The van der Waals surface area contributed by atoms with Gasteiger partial charge < -0.3 is 25.3 Å². The first-order chi connectivity index (χ1) is 20.2. The minimum Gasteiger partial charge on any atom is -0.380 e. The molecular formula is C31H29F2N5O4. The molecule has 2 aromatic carbocycles. The van der Waals surface area contributed by atoms with E-state index in [9.17, 15) is 23.2 Å². The number of hydrogen-bond acceptors (Lipinski definition) is 5. The van der Waals surface area contributed by atoms with Crippen LogP contribution in [-0.2, 0) is 20.2 Å². The van der Waals surface area contributed by atoms with Crippen molar-refractivity contribution >= 4 is 28.6 Å². The highest BCUT2D eigenvalue weighted by Gasteiger charge is 2.44. The van der Waals surface area contributed by atoms with E-state index in [0.717, 1.165) is 16.6 Å². The maximum atomic E-state index is 14.9. The summed E-state index contributed by atoms with van der Waals surface area (Å²) in [6.45, 7) is 1.67. The number of benzene rings is 2. The molecule has 11 heteroatoms. The zero-order valence-electron chi connectivity index (χ0n) is 23.0. The molecule has 1 saturated heterocycles. The standard InChI is InChI=1S/C31H29F2N5O4/c1-17(26-12-19-14-34-10-9-25(19)37-26)36-30(41)27-13-20(42-2)16-38(27)28(39)15-35-29(40)18-7-8-24-22(11-18)21-5-3-4-6-23(21)31(24,32)33/h3-12,14,17,20,27,37H,13,15-16H2,1-2H3,(H,35,40)(H,36,41)/t17-,20-,27+/m1/s1. The van der Waals surface area contributed by atoms with Crippen molar-refractivity contribution in [3.8, 4) is 11.1 Å². The van der Waals surface area contributed by atoms with Gasteiger partial charge in [0.15, 0.2) is 0 Å². The van der Waals surface area contributed by atoms with Gasteiger partial charge in [-0.15, -0.1) is 0 Å². The second-order valence-corrected chi connectivity index (χ2v) is 10.6. The highest BCUT2D eigenvalue weighted by atomic mass is 19.3. The number of rotatable bonds is 7. The van der Waals surface area contributed by atoms with Crippen LogP contribution < -0.4 is 10.6 Å². The number of methoxy groups -OCH3 is 1. The Kier molecular flexibility index (Phi) is 6.97. The van der Waals surface area contributed by atoms with Crippen LogP contribution in [0.3, 0.4) is 0 Å². The zero-order valence-corrected chi connectivity index (χ0v) is 23.0. The summed E-state index contributed by atoms with van der Waals surface area (Å²) in [4.78, 5) is 48.3. The fraction of sp³-hybridized carbons (Fsp3) is 0.290. The average Bonchev–Trinajstić information content (AvgIpc) is 3.69. The summed E-state index contributed by atoms with van der Waals surface area (Å²) < 4.78 is 35.2. The summed E-state index contributed by atoms with van der Waals surface area (Å²) in [6.07, 6.45) is 3.38. The Morgan fingerprint density at radius 2 is 1.90 bits per heavy atom. The molecule has 3 heterocycles. The second-order valence-electron chi connectivity index (χ2n) is 10.6. The maximum absolute atomic E-state index is 14.9. The van der Waals surface area contributed by atoms with Crippen LogP contribution in [0.4, 0.5) is 8.78 Å². The van der Waals surface area contributed by atoms with Gasteiger partial charge in [0.05, 0.1) is 18.7 Å². The number of alkyl halides is 2. The lowest BCUT2D eigenvalue weighted by Gasteiger charge is -2.25. The van der Waals surface area contributed by atoms with Crippen LogP contribution in [-0.4, -0.2) is 64.9 Å². The number of H-pyrrole nitrogens is 1. The van der Waals surface area contributed by atoms with Gasteiger partial charge in [-0.05, 0) is 42.3 Å². The number of amides is 3. The van der Waals surface area contributed by atoms with Gasteiger partial charge in [0.25, 0.3) is 11.8 Å². The molecular weight excluding hydrogens is 544 g/mol. The molecule has 0 radical (unpaired) electrons. The van der Waals surface area contributed by atoms with E-state index in [1.54, 1.807) is 30.6 Å². The smallest absolute Gasteiger partial charge is 0.299 e. The average molecular weight is 574 g/mol. The Bertz CT molecular complexity index is 1670. The van der Waals surface area contributed by atoms with E-state index in [4.69, 9.17) is 4.74 Å². The van der Waals surface area contributed by atoms with Crippen molar-refractivity contribution in [2.45, 2.75) is 37.5 Å². The number of ether oxygens (including phenoxy) is 1. The van der Waals surface area contributed by atoms with Gasteiger partial charge >= 0.3 is 0 Å². The van der Waals surface area contributed by atoms with Gasteiger partial charge in [-0.2, -0.15) is 8.78 Å². The SMILES string of the molecule is CO[C@@H]1C[C@@H](C(=O)N[C@H](C)c2cc3cnccc3[nH]2)N(C(=O)CNC(=O)c2ccc3c(c2)-c2ccccc2C3(F)F)C1. The minimum absolute atomic E-state index is 0.102. The predicted octanol–water partition coefficient (Wildman–Crippen LogP) is 3.91. The highest BCUT2D eigenvalue weighted by Crippen LogP contribution is 2.50. The normalized spacial score (nSPS) is 19.3. The molecule has 1 fully saturated rings. The van der Waals surface area contributed by atoms with E-state index in [1.807, 2.05) is 19.1 Å². The molecule has 9 nitrogen and oxygen atoms in total. The van der Waals surface area contributed by atoms with Crippen molar-refractivity contribution in [3.63, 3.8) is 0 Å². The van der Waals surface area contributed by atoms with E-state index in [0.29, 0.717) is 12.0 Å². The predicted molar refractivity (Wildman–Crippen MR) is 151 cm³/mol. The Morgan fingerprint density at radius 1 is 1.12 bits per heavy atom. The van der Waals surface area contributed by atoms with E-state index in [-0.39, 0.29) is 53.4 Å². The highest BCUT2D eigenvalue weighted by molar-refractivity contribution is 5.99. The van der Waals surface area contributed by atoms with Crippen LogP contribution >= 0.6 is 0 Å². The quantitative estimate of drug-likeness (QED) is 0.310. The molecule has 42 heavy (non-hydrogen) atoms. The molecule has 3 atom stereocenters. The third-order valence-electron chi connectivity index (χ3n) is 8.06. The lowest BCUT2D eigenvalue weighted by Crippen LogP contribution is -2.49. The summed E-state index contributed by atoms with van der Waals surface area (Å²) in [5.41, 5.74) is 2.25. The fourth-order valence-electron chi connectivity index (χ4n) is 5.79. The van der Waals surface area contributed by atoms with Gasteiger partial charge in [-0.25, -0.2) is 0 Å². The first kappa shape index (κ1) is 27.5. The first-order valence-electron chi connectivity index (χ1n) is 13.6. The number of nitrogens with zero attached hydrogens (tertiary/aromatic N) is 2. The zero-order chi connectivity index (χ0) is 29.6. The van der Waals surface area contributed by atoms with Crippen LogP contribution in [0.1, 0.15) is 46.6 Å². The molecule has 216 valence electrons. The van der Waals surface area contributed by atoms with E-state index in [2.05, 4.69) is 20.6 Å². The summed E-state index contributed by atoms with van der Waals surface area (Å²) in [7, 11) is 1.52. The number of pyridine rings is 1. The number of carbonyl (C=O) groups excluding carboxylic acids is 3. The largest absolute Gasteiger partial charge is 0.380 e. The fourth-order valence-corrected chi connectivity index (χ4v) is 5.79. The van der Waals surface area contributed by atoms with E-state index < -0.39 is 23.8 Å². The Hall–Kier alpha value is -4.64. The van der Waals surface area contributed by atoms with Crippen molar-refractivity contribution < 1.29 is 27.9 Å². The Morgan fingerprint density at radius 3 is 2.69 bits per heavy atom. The number of likely N-dealkylation sites (tertiary alicyclic amines) is 1. The van der Waals surface area contributed by atoms with Crippen molar-refractivity contribution in [1.82, 2.24) is 25.5 Å². The van der Waals surface area contributed by atoms with Crippen LogP contribution in [0.5, 0.6) is 0 Å². The number of aromatic amines is 1. The molecule has 0 unspecified atom stereocenters. The summed E-state index contributed by atoms with van der Waals surface area (Å²) in [6, 6.07) is 12.8. The van der Waals surface area contributed by atoms with Crippen molar-refractivity contribution in [2.24, 2.45) is 0 Å². The molecule has 0 bridgehead atoms. The first-order valence-corrected chi connectivity index (χ1v) is 13.6. The summed E-state index contributed by atoms with van der Waals surface area (Å²) in [5, 5.41) is 6.47. The molecule has 2 aliphatic rings. The third kappa shape index (κ3) is 4.79. The topological polar surface area (TPSA) is 116 Å². The van der Waals surface area contributed by atoms with Crippen LogP contribution in [0.15, 0.2) is 67.0 Å². The number of fused-ring (bicyclic) bond motifs is 4. The Balaban J connectivity index is 1.12. The molecule has 0 saturated carbocycles. The van der Waals surface area contributed by atoms with Crippen LogP contribution in [0, 0.1) is 0 Å². The van der Waals surface area contributed by atoms with Gasteiger partial charge in [0.1, 0.15) is 6.04 Å². The van der Waals surface area contributed by atoms with Gasteiger partial charge in [0, 0.05) is 65.8 Å². The molecule has 3 N–H and O–H groups in total. The van der Waals surface area contributed by atoms with Crippen LogP contribution in [0.2, 0.25) is 0 Å². The minimum atomic E-state index is -3.15. The number of hydrogen-bond donors (Lipinski definition) is 3. The van der Waals surface area contributed by atoms with Crippen molar-refractivity contribution in [1.29, 1.82) is 0 Å². The van der Waals surface area contributed by atoms with Gasteiger partial charge in [0.2, 0.25) is 11.8 Å². The van der Waals surface area contributed by atoms with E-state index in [1.165, 1.54) is 36.3 Å². The monoisotopic (exact) mass is 573 g/mol. The molecule has 3 amide bonds.